The molecule has 0 radical (unpaired) electrons. The van der Waals surface area contributed by atoms with Crippen LogP contribution in [0, 0.1) is 16.0 Å². The van der Waals surface area contributed by atoms with Gasteiger partial charge in [0.05, 0.1) is 17.7 Å². The lowest BCUT2D eigenvalue weighted by molar-refractivity contribution is -0.384. The van der Waals surface area contributed by atoms with Crippen molar-refractivity contribution < 1.29 is 9.66 Å². The zero-order valence-electron chi connectivity index (χ0n) is 10.7. The number of ether oxygens (including phenoxy) is 1. The van der Waals surface area contributed by atoms with Gasteiger partial charge in [-0.15, -0.1) is 0 Å². The molecule has 0 bridgehead atoms. The summed E-state index contributed by atoms with van der Waals surface area (Å²) >= 11 is 0. The molecule has 1 aromatic carbocycles. The lowest BCUT2D eigenvalue weighted by Crippen LogP contribution is -2.21. The second kappa shape index (κ2) is 5.25. The molecular weight excluding hydrogens is 232 g/mol. The Morgan fingerprint density at radius 3 is 2.78 bits per heavy atom. The van der Waals surface area contributed by atoms with Crippen molar-refractivity contribution in [1.82, 2.24) is 0 Å². The summed E-state index contributed by atoms with van der Waals surface area (Å²) in [5, 5.41) is 14.2. The van der Waals surface area contributed by atoms with Crippen molar-refractivity contribution in [2.45, 2.75) is 32.2 Å². The molecule has 1 aromatic rings. The maximum Gasteiger partial charge on any atom is 0.271 e. The van der Waals surface area contributed by atoms with Gasteiger partial charge in [0, 0.05) is 18.2 Å². The number of non-ortho nitro benzene ring substituents is 1. The zero-order chi connectivity index (χ0) is 13.1. The number of benzene rings is 1. The number of nitro benzene ring substituents is 1. The van der Waals surface area contributed by atoms with Crippen molar-refractivity contribution in [3.8, 4) is 5.75 Å². The van der Waals surface area contributed by atoms with E-state index >= 15 is 0 Å². The fourth-order valence-electron chi connectivity index (χ4n) is 2.17. The Kier molecular flexibility index (Phi) is 3.69. The molecule has 1 unspecified atom stereocenters. The van der Waals surface area contributed by atoms with Crippen molar-refractivity contribution >= 4 is 11.4 Å². The van der Waals surface area contributed by atoms with Gasteiger partial charge in [-0.25, -0.2) is 0 Å². The number of anilines is 1. The predicted molar refractivity (Wildman–Crippen MR) is 70.1 cm³/mol. The van der Waals surface area contributed by atoms with E-state index in [1.807, 2.05) is 0 Å². The summed E-state index contributed by atoms with van der Waals surface area (Å²) in [6.45, 7) is 2.12. The van der Waals surface area contributed by atoms with E-state index < -0.39 is 0 Å². The second-order valence-corrected chi connectivity index (χ2v) is 4.64. The van der Waals surface area contributed by atoms with Crippen molar-refractivity contribution in [1.29, 1.82) is 0 Å². The number of methoxy groups -OCH3 is 1. The van der Waals surface area contributed by atoms with Crippen LogP contribution in [0.25, 0.3) is 0 Å². The minimum atomic E-state index is -0.386. The summed E-state index contributed by atoms with van der Waals surface area (Å²) in [6.07, 6.45) is 3.49. The Morgan fingerprint density at radius 1 is 1.56 bits per heavy atom. The summed E-state index contributed by atoms with van der Waals surface area (Å²) in [4.78, 5) is 10.4. The Labute approximate surface area is 106 Å². The average molecular weight is 250 g/mol. The zero-order valence-corrected chi connectivity index (χ0v) is 10.7. The number of hydrogen-bond acceptors (Lipinski definition) is 4. The molecule has 1 aliphatic carbocycles. The fraction of sp³-hybridized carbons (Fsp3) is 0.538. The molecule has 0 spiro atoms. The molecule has 0 amide bonds. The lowest BCUT2D eigenvalue weighted by atomic mass is 10.1. The van der Waals surface area contributed by atoms with E-state index in [0.717, 1.165) is 6.42 Å². The van der Waals surface area contributed by atoms with Crippen molar-refractivity contribution in [2.24, 2.45) is 5.92 Å². The highest BCUT2D eigenvalue weighted by atomic mass is 16.6. The van der Waals surface area contributed by atoms with Gasteiger partial charge in [0.2, 0.25) is 0 Å². The van der Waals surface area contributed by atoms with Gasteiger partial charge in [-0.05, 0) is 31.2 Å². The van der Waals surface area contributed by atoms with E-state index in [1.54, 1.807) is 19.2 Å². The first-order chi connectivity index (χ1) is 8.65. The van der Waals surface area contributed by atoms with Gasteiger partial charge in [0.25, 0.3) is 5.69 Å². The van der Waals surface area contributed by atoms with Crippen molar-refractivity contribution in [2.75, 3.05) is 12.4 Å². The van der Waals surface area contributed by atoms with Gasteiger partial charge >= 0.3 is 0 Å². The minimum Gasteiger partial charge on any atom is -0.495 e. The first kappa shape index (κ1) is 12.7. The van der Waals surface area contributed by atoms with Crippen molar-refractivity contribution in [3.05, 3.63) is 28.3 Å². The second-order valence-electron chi connectivity index (χ2n) is 4.64. The van der Waals surface area contributed by atoms with Crippen LogP contribution in [0.2, 0.25) is 0 Å². The average Bonchev–Trinajstić information content (AvgIpc) is 3.19. The number of rotatable bonds is 6. The highest BCUT2D eigenvalue weighted by molar-refractivity contribution is 5.62. The Bertz CT molecular complexity index is 444. The maximum absolute atomic E-state index is 10.8. The number of nitrogens with zero attached hydrogens (tertiary/aromatic N) is 1. The molecule has 1 aliphatic rings. The smallest absolute Gasteiger partial charge is 0.271 e. The molecule has 1 saturated carbocycles. The molecule has 5 nitrogen and oxygen atoms in total. The summed E-state index contributed by atoms with van der Waals surface area (Å²) < 4.78 is 5.24. The summed E-state index contributed by atoms with van der Waals surface area (Å²) in [5.41, 5.74) is 0.800. The molecular formula is C13H18N2O3. The van der Waals surface area contributed by atoms with Gasteiger partial charge in [0.1, 0.15) is 5.75 Å². The van der Waals surface area contributed by atoms with Crippen LogP contribution < -0.4 is 10.1 Å². The molecule has 0 heterocycles. The first-order valence-electron chi connectivity index (χ1n) is 6.24. The molecule has 2 rings (SSSR count). The molecule has 0 aromatic heterocycles. The Balaban J connectivity index is 2.22. The van der Waals surface area contributed by atoms with E-state index in [0.29, 0.717) is 23.4 Å². The monoisotopic (exact) mass is 250 g/mol. The highest BCUT2D eigenvalue weighted by Crippen LogP contribution is 2.38. The number of nitro groups is 1. The van der Waals surface area contributed by atoms with E-state index in [1.165, 1.54) is 18.9 Å². The van der Waals surface area contributed by atoms with Crippen LogP contribution in [0.3, 0.4) is 0 Å². The summed E-state index contributed by atoms with van der Waals surface area (Å²) in [6, 6.07) is 5.02. The number of hydrogen-bond donors (Lipinski definition) is 1. The third-order valence-corrected chi connectivity index (χ3v) is 3.37. The van der Waals surface area contributed by atoms with Crippen LogP contribution in [0.4, 0.5) is 11.4 Å². The molecule has 0 saturated heterocycles. The van der Waals surface area contributed by atoms with Gasteiger partial charge in [-0.3, -0.25) is 10.1 Å². The van der Waals surface area contributed by atoms with E-state index in [-0.39, 0.29) is 10.6 Å². The molecule has 18 heavy (non-hydrogen) atoms. The number of nitrogens with one attached hydrogen (secondary N) is 1. The van der Waals surface area contributed by atoms with Crippen molar-refractivity contribution in [3.63, 3.8) is 0 Å². The summed E-state index contributed by atoms with van der Waals surface area (Å²) in [5.74, 6) is 1.35. The van der Waals surface area contributed by atoms with Crippen LogP contribution in [-0.4, -0.2) is 18.1 Å². The Morgan fingerprint density at radius 2 is 2.28 bits per heavy atom. The van der Waals surface area contributed by atoms with Gasteiger partial charge in [-0.2, -0.15) is 0 Å². The van der Waals surface area contributed by atoms with Crippen LogP contribution in [0.5, 0.6) is 5.75 Å². The van der Waals surface area contributed by atoms with E-state index in [9.17, 15) is 10.1 Å². The van der Waals surface area contributed by atoms with Gasteiger partial charge in [0.15, 0.2) is 0 Å². The van der Waals surface area contributed by atoms with Crippen LogP contribution in [-0.2, 0) is 0 Å². The normalized spacial score (nSPS) is 16.1. The molecule has 1 fully saturated rings. The largest absolute Gasteiger partial charge is 0.495 e. The lowest BCUT2D eigenvalue weighted by Gasteiger charge is -2.19. The third kappa shape index (κ3) is 2.72. The quantitative estimate of drug-likeness (QED) is 0.622. The Hall–Kier alpha value is -1.78. The maximum atomic E-state index is 10.8. The topological polar surface area (TPSA) is 64.4 Å². The third-order valence-electron chi connectivity index (χ3n) is 3.37. The summed E-state index contributed by atoms with van der Waals surface area (Å²) in [7, 11) is 1.57. The minimum absolute atomic E-state index is 0.0870. The fourth-order valence-corrected chi connectivity index (χ4v) is 2.17. The van der Waals surface area contributed by atoms with E-state index in [2.05, 4.69) is 12.2 Å². The first-order valence-corrected chi connectivity index (χ1v) is 6.24. The van der Waals surface area contributed by atoms with Gasteiger partial charge < -0.3 is 10.1 Å². The van der Waals surface area contributed by atoms with Crippen LogP contribution in [0.1, 0.15) is 26.2 Å². The predicted octanol–water partition coefficient (Wildman–Crippen LogP) is 3.20. The molecule has 98 valence electrons. The highest BCUT2D eigenvalue weighted by Gasteiger charge is 2.30. The van der Waals surface area contributed by atoms with Crippen LogP contribution in [0.15, 0.2) is 18.2 Å². The van der Waals surface area contributed by atoms with Gasteiger partial charge in [-0.1, -0.05) is 6.92 Å². The molecule has 0 aliphatic heterocycles. The standard InChI is InChI=1S/C13H18N2O3/c1-3-11(9-4-5-9)14-12-8-10(15(16)17)6-7-13(12)18-2/h6-9,11,14H,3-5H2,1-2H3. The van der Waals surface area contributed by atoms with E-state index in [4.69, 9.17) is 4.74 Å². The van der Waals surface area contributed by atoms with Crippen LogP contribution >= 0.6 is 0 Å². The molecule has 1 atom stereocenters. The SMILES string of the molecule is CCC(Nc1cc([N+](=O)[O-])ccc1OC)C1CC1. The molecule has 5 heteroatoms. The molecule has 1 N–H and O–H groups in total.